The summed E-state index contributed by atoms with van der Waals surface area (Å²) in [6.45, 7) is 2.61. The van der Waals surface area contributed by atoms with E-state index in [1.807, 2.05) is 78.9 Å². The van der Waals surface area contributed by atoms with Crippen molar-refractivity contribution < 1.29 is 19.1 Å². The number of amides is 3. The summed E-state index contributed by atoms with van der Waals surface area (Å²) in [6, 6.07) is 21.1. The average molecular weight is 527 g/mol. The molecule has 0 N–H and O–H groups in total. The molecule has 3 heterocycles. The van der Waals surface area contributed by atoms with Crippen molar-refractivity contribution in [1.29, 1.82) is 0 Å². The molecule has 3 amide bonds. The Balaban J connectivity index is 1.34. The number of likely N-dealkylation sites (tertiary alicyclic amines) is 1. The van der Waals surface area contributed by atoms with Gasteiger partial charge < -0.3 is 14.4 Å². The first-order valence-electron chi connectivity index (χ1n) is 13.2. The van der Waals surface area contributed by atoms with Crippen LogP contribution in [0.5, 0.6) is 11.5 Å². The van der Waals surface area contributed by atoms with Gasteiger partial charge in [-0.2, -0.15) is 0 Å². The van der Waals surface area contributed by atoms with Crippen LogP contribution in [0.3, 0.4) is 0 Å². The molecule has 0 aliphatic carbocycles. The Morgan fingerprint density at radius 2 is 1.59 bits per heavy atom. The standard InChI is InChI=1S/C31H34N4O4/c1-38-27-19-25(20-28(21-27)39-2)22-33-17-13-31(14-18-33)29(36)34(16-8-11-24-9-4-3-5-10-24)30(37)35(31)23-26-12-6-7-15-32-26/h3-12,15,19-21H,13-14,16-18,22-23H2,1-2H3/b11-8+. The second-order valence-electron chi connectivity index (χ2n) is 9.95. The molecule has 202 valence electrons. The van der Waals surface area contributed by atoms with Gasteiger partial charge in [-0.3, -0.25) is 19.6 Å². The third kappa shape index (κ3) is 5.66. The van der Waals surface area contributed by atoms with Crippen molar-refractivity contribution in [2.45, 2.75) is 31.5 Å². The van der Waals surface area contributed by atoms with Crippen molar-refractivity contribution in [1.82, 2.24) is 19.7 Å². The number of imide groups is 1. The quantitative estimate of drug-likeness (QED) is 0.379. The monoisotopic (exact) mass is 526 g/mol. The van der Waals surface area contributed by atoms with Gasteiger partial charge in [-0.15, -0.1) is 0 Å². The van der Waals surface area contributed by atoms with Gasteiger partial charge in [0.05, 0.1) is 26.5 Å². The highest BCUT2D eigenvalue weighted by Crippen LogP contribution is 2.39. The molecule has 0 atom stereocenters. The van der Waals surface area contributed by atoms with Crippen LogP contribution in [0.15, 0.2) is 79.0 Å². The Hall–Kier alpha value is -4.17. The molecule has 0 radical (unpaired) electrons. The molecule has 1 aromatic heterocycles. The molecule has 2 saturated heterocycles. The summed E-state index contributed by atoms with van der Waals surface area (Å²) in [5.74, 6) is 1.37. The van der Waals surface area contributed by atoms with E-state index in [4.69, 9.17) is 9.47 Å². The minimum absolute atomic E-state index is 0.121. The number of urea groups is 1. The smallest absolute Gasteiger partial charge is 0.328 e. The fourth-order valence-corrected chi connectivity index (χ4v) is 5.45. The maximum atomic E-state index is 13.9. The molecule has 0 unspecified atom stereocenters. The lowest BCUT2D eigenvalue weighted by Gasteiger charge is -2.42. The molecular weight excluding hydrogens is 492 g/mol. The normalized spacial score (nSPS) is 17.4. The number of hydrogen-bond acceptors (Lipinski definition) is 6. The highest BCUT2D eigenvalue weighted by atomic mass is 16.5. The molecular formula is C31H34N4O4. The summed E-state index contributed by atoms with van der Waals surface area (Å²) in [4.78, 5) is 37.5. The molecule has 2 aliphatic rings. The summed E-state index contributed by atoms with van der Waals surface area (Å²) in [5, 5.41) is 0. The number of piperidine rings is 1. The topological polar surface area (TPSA) is 75.2 Å². The van der Waals surface area contributed by atoms with Gasteiger partial charge in [-0.1, -0.05) is 48.6 Å². The Morgan fingerprint density at radius 1 is 0.897 bits per heavy atom. The van der Waals surface area contributed by atoms with Crippen LogP contribution in [-0.2, 0) is 17.9 Å². The number of benzene rings is 2. The summed E-state index contributed by atoms with van der Waals surface area (Å²) < 4.78 is 10.9. The minimum Gasteiger partial charge on any atom is -0.497 e. The summed E-state index contributed by atoms with van der Waals surface area (Å²) in [7, 11) is 3.28. The number of pyridine rings is 1. The van der Waals surface area contributed by atoms with Crippen LogP contribution in [0.1, 0.15) is 29.7 Å². The minimum atomic E-state index is -0.877. The maximum Gasteiger partial charge on any atom is 0.328 e. The zero-order valence-electron chi connectivity index (χ0n) is 22.5. The second-order valence-corrected chi connectivity index (χ2v) is 9.95. The summed E-state index contributed by atoms with van der Waals surface area (Å²) in [6.07, 6.45) is 6.67. The van der Waals surface area contributed by atoms with Gasteiger partial charge in [0.15, 0.2) is 0 Å². The summed E-state index contributed by atoms with van der Waals surface area (Å²) >= 11 is 0. The highest BCUT2D eigenvalue weighted by Gasteiger charge is 2.57. The zero-order valence-corrected chi connectivity index (χ0v) is 22.5. The zero-order chi connectivity index (χ0) is 27.2. The van der Waals surface area contributed by atoms with Crippen LogP contribution in [0, 0.1) is 0 Å². The van der Waals surface area contributed by atoms with Crippen molar-refractivity contribution in [3.05, 3.63) is 95.8 Å². The molecule has 0 saturated carbocycles. The molecule has 1 spiro atoms. The van der Waals surface area contributed by atoms with E-state index < -0.39 is 5.54 Å². The molecule has 2 aromatic carbocycles. The van der Waals surface area contributed by atoms with E-state index >= 15 is 0 Å². The van der Waals surface area contributed by atoms with Crippen LogP contribution in [0.2, 0.25) is 0 Å². The van der Waals surface area contributed by atoms with E-state index in [0.29, 0.717) is 39.0 Å². The lowest BCUT2D eigenvalue weighted by Crippen LogP contribution is -2.56. The molecule has 8 nitrogen and oxygen atoms in total. The fraction of sp³-hybridized carbons (Fsp3) is 0.323. The fourth-order valence-electron chi connectivity index (χ4n) is 5.45. The number of nitrogens with zero attached hydrogens (tertiary/aromatic N) is 4. The number of methoxy groups -OCH3 is 2. The lowest BCUT2D eigenvalue weighted by atomic mass is 9.85. The van der Waals surface area contributed by atoms with Gasteiger partial charge in [-0.05, 0) is 48.2 Å². The first-order chi connectivity index (χ1) is 19.0. The van der Waals surface area contributed by atoms with E-state index in [-0.39, 0.29) is 18.5 Å². The second kappa shape index (κ2) is 11.7. The first-order valence-corrected chi connectivity index (χ1v) is 13.2. The lowest BCUT2D eigenvalue weighted by molar-refractivity contribution is -0.135. The molecule has 5 rings (SSSR count). The van der Waals surface area contributed by atoms with Crippen LogP contribution in [0.25, 0.3) is 6.08 Å². The first kappa shape index (κ1) is 26.4. The van der Waals surface area contributed by atoms with Gasteiger partial charge >= 0.3 is 6.03 Å². The molecule has 3 aromatic rings. The van der Waals surface area contributed by atoms with Crippen LogP contribution in [0.4, 0.5) is 4.79 Å². The van der Waals surface area contributed by atoms with E-state index in [1.165, 1.54) is 4.90 Å². The van der Waals surface area contributed by atoms with Gasteiger partial charge in [0, 0.05) is 38.4 Å². The third-order valence-electron chi connectivity index (χ3n) is 7.57. The Bertz CT molecular complexity index is 1300. The molecule has 0 bridgehead atoms. The van der Waals surface area contributed by atoms with Gasteiger partial charge in [0.2, 0.25) is 0 Å². The van der Waals surface area contributed by atoms with Crippen molar-refractivity contribution in [2.75, 3.05) is 33.9 Å². The van der Waals surface area contributed by atoms with Gasteiger partial charge in [0.1, 0.15) is 17.0 Å². The van der Waals surface area contributed by atoms with Crippen molar-refractivity contribution in [3.8, 4) is 11.5 Å². The Labute approximate surface area is 229 Å². The molecule has 39 heavy (non-hydrogen) atoms. The SMILES string of the molecule is COc1cc(CN2CCC3(CC2)C(=O)N(C/C=C/c2ccccc2)C(=O)N3Cc2ccccn2)cc(OC)c1. The van der Waals surface area contributed by atoms with Crippen molar-refractivity contribution in [2.24, 2.45) is 0 Å². The highest BCUT2D eigenvalue weighted by molar-refractivity contribution is 6.07. The predicted molar refractivity (Wildman–Crippen MR) is 149 cm³/mol. The van der Waals surface area contributed by atoms with E-state index in [9.17, 15) is 9.59 Å². The number of carbonyl (C=O) groups excluding carboxylic acids is 2. The number of rotatable bonds is 9. The molecule has 2 fully saturated rings. The number of ether oxygens (including phenoxy) is 2. The van der Waals surface area contributed by atoms with Gasteiger partial charge in [0.25, 0.3) is 5.91 Å². The van der Waals surface area contributed by atoms with Crippen LogP contribution < -0.4 is 9.47 Å². The average Bonchev–Trinajstić information content (AvgIpc) is 3.16. The van der Waals surface area contributed by atoms with Gasteiger partial charge in [-0.25, -0.2) is 4.79 Å². The maximum absolute atomic E-state index is 13.9. The van der Waals surface area contributed by atoms with E-state index in [1.54, 1.807) is 25.3 Å². The number of hydrogen-bond donors (Lipinski definition) is 0. The van der Waals surface area contributed by atoms with Crippen molar-refractivity contribution >= 4 is 18.0 Å². The van der Waals surface area contributed by atoms with Crippen LogP contribution >= 0.6 is 0 Å². The molecule has 8 heteroatoms. The van der Waals surface area contributed by atoms with E-state index in [0.717, 1.165) is 28.3 Å². The summed E-state index contributed by atoms with van der Waals surface area (Å²) in [5.41, 5.74) is 2.00. The van der Waals surface area contributed by atoms with E-state index in [2.05, 4.69) is 9.88 Å². The molecule has 2 aliphatic heterocycles. The largest absolute Gasteiger partial charge is 0.497 e. The Morgan fingerprint density at radius 3 is 2.23 bits per heavy atom. The Kier molecular flexibility index (Phi) is 7.93. The predicted octanol–water partition coefficient (Wildman–Crippen LogP) is 4.61. The number of carbonyl (C=O) groups is 2. The van der Waals surface area contributed by atoms with Crippen molar-refractivity contribution in [3.63, 3.8) is 0 Å². The van der Waals surface area contributed by atoms with Crippen LogP contribution in [-0.4, -0.2) is 71.0 Å². The number of aromatic nitrogens is 1. The third-order valence-corrected chi connectivity index (χ3v) is 7.57.